The molecule has 0 spiro atoms. The maximum atomic E-state index is 11.2. The molecule has 0 aromatic rings. The van der Waals surface area contributed by atoms with Crippen LogP contribution in [0.25, 0.3) is 0 Å². The first kappa shape index (κ1) is 15.2. The highest BCUT2D eigenvalue weighted by Gasteiger charge is 2.08. The molecule has 0 fully saturated rings. The quantitative estimate of drug-likeness (QED) is 0.487. The predicted octanol–water partition coefficient (Wildman–Crippen LogP) is 0.655. The van der Waals surface area contributed by atoms with E-state index in [1.54, 1.807) is 14.0 Å². The first-order valence-corrected chi connectivity index (χ1v) is 7.40. The lowest BCUT2D eigenvalue weighted by Gasteiger charge is -2.14. The number of hydrogen-bond acceptors (Lipinski definition) is 4. The molecule has 0 aliphatic carbocycles. The fraction of sp³-hybridized carbons (Fsp3) is 1.00. The van der Waals surface area contributed by atoms with Gasteiger partial charge in [-0.25, -0.2) is 8.42 Å². The molecule has 0 rings (SSSR count). The number of halogens is 1. The first-order valence-electron chi connectivity index (χ1n) is 5.04. The SMILES string of the molecule is CCS(=O)(=O)CCCNC(CCl)COC. The Balaban J connectivity index is 3.61. The summed E-state index contributed by atoms with van der Waals surface area (Å²) in [5.74, 6) is 0.914. The standard InChI is InChI=1S/C9H20ClNO3S/c1-3-15(12,13)6-4-5-11-9(7-10)8-14-2/h9,11H,3-8H2,1-2H3. The van der Waals surface area contributed by atoms with Crippen LogP contribution in [0.3, 0.4) is 0 Å². The van der Waals surface area contributed by atoms with Gasteiger partial charge >= 0.3 is 0 Å². The van der Waals surface area contributed by atoms with E-state index in [0.29, 0.717) is 25.5 Å². The fourth-order valence-corrected chi connectivity index (χ4v) is 2.17. The van der Waals surface area contributed by atoms with Crippen molar-refractivity contribution in [3.63, 3.8) is 0 Å². The van der Waals surface area contributed by atoms with Gasteiger partial charge < -0.3 is 10.1 Å². The summed E-state index contributed by atoms with van der Waals surface area (Å²) in [6, 6.07) is 0.0981. The lowest BCUT2D eigenvalue weighted by Crippen LogP contribution is -2.36. The zero-order chi connectivity index (χ0) is 11.7. The van der Waals surface area contributed by atoms with Gasteiger partial charge in [-0.15, -0.1) is 11.6 Å². The van der Waals surface area contributed by atoms with Gasteiger partial charge in [0.2, 0.25) is 0 Å². The van der Waals surface area contributed by atoms with Gasteiger partial charge in [-0.05, 0) is 13.0 Å². The third-order valence-corrected chi connectivity index (χ3v) is 4.22. The van der Waals surface area contributed by atoms with Gasteiger partial charge in [0.1, 0.15) is 9.84 Å². The zero-order valence-electron chi connectivity index (χ0n) is 9.33. The molecule has 1 N–H and O–H groups in total. The van der Waals surface area contributed by atoms with Crippen LogP contribution < -0.4 is 5.32 Å². The Morgan fingerprint density at radius 2 is 2.13 bits per heavy atom. The average molecular weight is 258 g/mol. The van der Waals surface area contributed by atoms with Crippen LogP contribution in [0, 0.1) is 0 Å². The summed E-state index contributed by atoms with van der Waals surface area (Å²) in [7, 11) is -1.23. The number of hydrogen-bond donors (Lipinski definition) is 1. The lowest BCUT2D eigenvalue weighted by atomic mass is 10.3. The molecule has 0 aromatic heterocycles. The maximum Gasteiger partial charge on any atom is 0.150 e. The molecule has 6 heteroatoms. The van der Waals surface area contributed by atoms with Gasteiger partial charge in [0.25, 0.3) is 0 Å². The predicted molar refractivity (Wildman–Crippen MR) is 63.3 cm³/mol. The van der Waals surface area contributed by atoms with Crippen molar-refractivity contribution in [1.82, 2.24) is 5.32 Å². The Kier molecular flexibility index (Phi) is 8.42. The molecule has 4 nitrogen and oxygen atoms in total. The Labute approximate surface area is 97.3 Å². The first-order chi connectivity index (χ1) is 7.05. The van der Waals surface area contributed by atoms with Gasteiger partial charge in [0.05, 0.1) is 12.4 Å². The van der Waals surface area contributed by atoms with Crippen LogP contribution >= 0.6 is 11.6 Å². The van der Waals surface area contributed by atoms with Crippen molar-refractivity contribution in [2.45, 2.75) is 19.4 Å². The maximum absolute atomic E-state index is 11.2. The van der Waals surface area contributed by atoms with Gasteiger partial charge in [0, 0.05) is 24.8 Å². The summed E-state index contributed by atoms with van der Waals surface area (Å²) in [4.78, 5) is 0. The van der Waals surface area contributed by atoms with Gasteiger partial charge in [-0.2, -0.15) is 0 Å². The van der Waals surface area contributed by atoms with E-state index in [2.05, 4.69) is 5.32 Å². The summed E-state index contributed by atoms with van der Waals surface area (Å²) >= 11 is 5.68. The van der Waals surface area contributed by atoms with Crippen molar-refractivity contribution in [2.75, 3.05) is 37.6 Å². The van der Waals surface area contributed by atoms with Crippen LogP contribution in [0.1, 0.15) is 13.3 Å². The molecule has 15 heavy (non-hydrogen) atoms. The van der Waals surface area contributed by atoms with E-state index in [1.165, 1.54) is 0 Å². The second-order valence-corrected chi connectivity index (χ2v) is 6.13. The number of alkyl halides is 1. The van der Waals surface area contributed by atoms with E-state index in [9.17, 15) is 8.42 Å². The Hall–Kier alpha value is 0.160. The normalized spacial score (nSPS) is 14.1. The second kappa shape index (κ2) is 8.33. The van der Waals surface area contributed by atoms with Crippen LogP contribution in [-0.2, 0) is 14.6 Å². The molecular weight excluding hydrogens is 238 g/mol. The van der Waals surface area contributed by atoms with Crippen LogP contribution in [0.15, 0.2) is 0 Å². The lowest BCUT2D eigenvalue weighted by molar-refractivity contribution is 0.173. The molecule has 92 valence electrons. The molecule has 0 saturated carbocycles. The minimum absolute atomic E-state index is 0.0981. The van der Waals surface area contributed by atoms with Crippen molar-refractivity contribution < 1.29 is 13.2 Å². The minimum atomic E-state index is -2.84. The molecule has 1 atom stereocenters. The summed E-state index contributed by atoms with van der Waals surface area (Å²) in [5, 5.41) is 3.15. The number of nitrogens with one attached hydrogen (secondary N) is 1. The molecular formula is C9H20ClNO3S. The summed E-state index contributed by atoms with van der Waals surface area (Å²) in [6.45, 7) is 2.86. The Morgan fingerprint density at radius 1 is 1.47 bits per heavy atom. The topological polar surface area (TPSA) is 55.4 Å². The van der Waals surface area contributed by atoms with E-state index in [4.69, 9.17) is 16.3 Å². The van der Waals surface area contributed by atoms with Crippen LogP contribution in [0.5, 0.6) is 0 Å². The number of ether oxygens (including phenoxy) is 1. The smallest absolute Gasteiger partial charge is 0.150 e. The molecule has 0 amide bonds. The summed E-state index contributed by atoms with van der Waals surface area (Å²) in [6.07, 6.45) is 0.618. The van der Waals surface area contributed by atoms with Crippen molar-refractivity contribution >= 4 is 21.4 Å². The fourth-order valence-electron chi connectivity index (χ4n) is 1.10. The third-order valence-electron chi connectivity index (χ3n) is 2.06. The molecule has 0 radical (unpaired) electrons. The van der Waals surface area contributed by atoms with Crippen molar-refractivity contribution in [2.24, 2.45) is 0 Å². The molecule has 0 saturated heterocycles. The molecule has 0 aliphatic heterocycles. The Bertz CT molecular complexity index is 244. The average Bonchev–Trinajstić information content (AvgIpc) is 2.22. The summed E-state index contributed by atoms with van der Waals surface area (Å²) in [5.41, 5.74) is 0. The molecule has 1 unspecified atom stereocenters. The van der Waals surface area contributed by atoms with E-state index < -0.39 is 9.84 Å². The molecule has 0 aliphatic rings. The van der Waals surface area contributed by atoms with E-state index in [1.807, 2.05) is 0 Å². The summed E-state index contributed by atoms with van der Waals surface area (Å²) < 4.78 is 27.3. The minimum Gasteiger partial charge on any atom is -0.383 e. The Morgan fingerprint density at radius 3 is 2.60 bits per heavy atom. The molecule has 0 heterocycles. The van der Waals surface area contributed by atoms with Crippen molar-refractivity contribution in [3.05, 3.63) is 0 Å². The number of rotatable bonds is 9. The monoisotopic (exact) mass is 257 g/mol. The number of sulfone groups is 1. The second-order valence-electron chi connectivity index (χ2n) is 3.35. The highest BCUT2D eigenvalue weighted by atomic mass is 35.5. The largest absolute Gasteiger partial charge is 0.383 e. The highest BCUT2D eigenvalue weighted by molar-refractivity contribution is 7.91. The van der Waals surface area contributed by atoms with Crippen molar-refractivity contribution in [3.8, 4) is 0 Å². The van der Waals surface area contributed by atoms with Gasteiger partial charge in [0.15, 0.2) is 0 Å². The van der Waals surface area contributed by atoms with E-state index in [0.717, 1.165) is 0 Å². The molecule has 0 aromatic carbocycles. The van der Waals surface area contributed by atoms with Crippen LogP contribution in [0.2, 0.25) is 0 Å². The van der Waals surface area contributed by atoms with Crippen LogP contribution in [0.4, 0.5) is 0 Å². The van der Waals surface area contributed by atoms with Crippen molar-refractivity contribution in [1.29, 1.82) is 0 Å². The van der Waals surface area contributed by atoms with E-state index in [-0.39, 0.29) is 17.5 Å². The molecule has 0 bridgehead atoms. The van der Waals surface area contributed by atoms with Gasteiger partial charge in [-0.3, -0.25) is 0 Å². The third kappa shape index (κ3) is 8.02. The number of methoxy groups -OCH3 is 1. The van der Waals surface area contributed by atoms with Crippen LogP contribution in [-0.4, -0.2) is 52.1 Å². The van der Waals surface area contributed by atoms with Gasteiger partial charge in [-0.1, -0.05) is 6.92 Å². The zero-order valence-corrected chi connectivity index (χ0v) is 10.9. The highest BCUT2D eigenvalue weighted by Crippen LogP contribution is 1.94. The van der Waals surface area contributed by atoms with E-state index >= 15 is 0 Å².